The van der Waals surface area contributed by atoms with Crippen LogP contribution in [0, 0.1) is 0 Å². The summed E-state index contributed by atoms with van der Waals surface area (Å²) in [5.74, 6) is 0.193. The van der Waals surface area contributed by atoms with Gasteiger partial charge in [0.2, 0.25) is 0 Å². The fraction of sp³-hybridized carbons (Fsp3) is 0.263. The third kappa shape index (κ3) is 2.38. The van der Waals surface area contributed by atoms with Crippen molar-refractivity contribution < 1.29 is 13.5 Å². The average Bonchev–Trinajstić information content (AvgIpc) is 3.25. The Morgan fingerprint density at radius 3 is 2.70 bits per heavy atom. The summed E-state index contributed by atoms with van der Waals surface area (Å²) in [5.41, 5.74) is 4.72. The van der Waals surface area contributed by atoms with Crippen molar-refractivity contribution in [3.05, 3.63) is 60.2 Å². The molecule has 2 aromatic carbocycles. The monoisotopic (exact) mass is 313 g/mol. The van der Waals surface area contributed by atoms with Crippen molar-refractivity contribution in [3.63, 3.8) is 0 Å². The molecule has 1 aliphatic heterocycles. The van der Waals surface area contributed by atoms with Crippen LogP contribution in [0.3, 0.4) is 0 Å². The molecule has 118 valence electrons. The van der Waals surface area contributed by atoms with Crippen molar-refractivity contribution >= 4 is 17.5 Å². The Morgan fingerprint density at radius 1 is 1.17 bits per heavy atom. The zero-order chi connectivity index (χ0) is 16.0. The number of hydrogen-bond donors (Lipinski definition) is 0. The minimum atomic E-state index is -2.80. The average molecular weight is 313 g/mol. The number of ether oxygens (including phenoxy) is 1. The highest BCUT2D eigenvalue weighted by molar-refractivity contribution is 5.76. The molecule has 0 saturated heterocycles. The molecule has 0 atom stereocenters. The molecule has 23 heavy (non-hydrogen) atoms. The number of rotatable bonds is 4. The van der Waals surface area contributed by atoms with Crippen molar-refractivity contribution in [1.29, 1.82) is 0 Å². The molecule has 2 nitrogen and oxygen atoms in total. The van der Waals surface area contributed by atoms with Crippen LogP contribution in [0.1, 0.15) is 24.0 Å². The van der Waals surface area contributed by atoms with E-state index in [-0.39, 0.29) is 11.2 Å². The summed E-state index contributed by atoms with van der Waals surface area (Å²) in [5, 5.41) is 0. The Balaban J connectivity index is 1.73. The summed E-state index contributed by atoms with van der Waals surface area (Å²) < 4.78 is 29.4. The van der Waals surface area contributed by atoms with Crippen molar-refractivity contribution in [2.75, 3.05) is 11.4 Å². The van der Waals surface area contributed by atoms with Gasteiger partial charge in [-0.2, -0.15) is 8.78 Å². The van der Waals surface area contributed by atoms with Crippen LogP contribution in [-0.4, -0.2) is 13.2 Å². The van der Waals surface area contributed by atoms with Gasteiger partial charge in [0.25, 0.3) is 0 Å². The SMILES string of the molecule is C=Cc1ccc2c(c1)C1(CC1)CN2c1cccc(OC(F)F)c1. The molecular formula is C19H17F2NO. The smallest absolute Gasteiger partial charge is 0.387 e. The highest BCUT2D eigenvalue weighted by Gasteiger charge is 2.51. The van der Waals surface area contributed by atoms with E-state index in [1.807, 2.05) is 18.2 Å². The maximum atomic E-state index is 12.4. The van der Waals surface area contributed by atoms with Crippen LogP contribution in [0.2, 0.25) is 0 Å². The summed E-state index contributed by atoms with van der Waals surface area (Å²) in [6.45, 7) is 1.93. The van der Waals surface area contributed by atoms with Crippen molar-refractivity contribution in [2.45, 2.75) is 24.9 Å². The fourth-order valence-corrected chi connectivity index (χ4v) is 3.45. The number of nitrogens with zero attached hydrogens (tertiary/aromatic N) is 1. The Labute approximate surface area is 134 Å². The van der Waals surface area contributed by atoms with Crippen LogP contribution in [0.15, 0.2) is 49.0 Å². The van der Waals surface area contributed by atoms with Crippen LogP contribution in [0.4, 0.5) is 20.2 Å². The third-order valence-corrected chi connectivity index (χ3v) is 4.79. The third-order valence-electron chi connectivity index (χ3n) is 4.79. The normalized spacial score (nSPS) is 17.4. The topological polar surface area (TPSA) is 12.5 Å². The van der Waals surface area contributed by atoms with Gasteiger partial charge in [-0.3, -0.25) is 0 Å². The molecule has 0 aromatic heterocycles. The minimum absolute atomic E-state index is 0.193. The van der Waals surface area contributed by atoms with Gasteiger partial charge in [-0.05, 0) is 48.2 Å². The van der Waals surface area contributed by atoms with Crippen LogP contribution >= 0.6 is 0 Å². The van der Waals surface area contributed by atoms with Crippen LogP contribution < -0.4 is 9.64 Å². The van der Waals surface area contributed by atoms with E-state index in [2.05, 4.69) is 28.3 Å². The van der Waals surface area contributed by atoms with Gasteiger partial charge in [0.05, 0.1) is 0 Å². The molecule has 0 N–H and O–H groups in total. The Bertz CT molecular complexity index is 768. The van der Waals surface area contributed by atoms with E-state index in [4.69, 9.17) is 0 Å². The van der Waals surface area contributed by atoms with Gasteiger partial charge in [-0.25, -0.2) is 0 Å². The molecule has 2 aliphatic rings. The molecule has 4 rings (SSSR count). The maximum Gasteiger partial charge on any atom is 0.387 e. The van der Waals surface area contributed by atoms with Gasteiger partial charge in [0.1, 0.15) is 5.75 Å². The molecule has 0 radical (unpaired) electrons. The number of benzene rings is 2. The summed E-state index contributed by atoms with van der Waals surface area (Å²) in [6.07, 6.45) is 4.20. The standard InChI is InChI=1S/C19H17F2NO/c1-2-13-6-7-17-16(10-13)19(8-9-19)12-22(17)14-4-3-5-15(11-14)23-18(20)21/h2-7,10-11,18H,1,8-9,12H2. The van der Waals surface area contributed by atoms with E-state index >= 15 is 0 Å². The van der Waals surface area contributed by atoms with E-state index in [1.54, 1.807) is 18.2 Å². The second-order valence-corrected chi connectivity index (χ2v) is 6.22. The molecular weight excluding hydrogens is 296 g/mol. The lowest BCUT2D eigenvalue weighted by molar-refractivity contribution is -0.0498. The van der Waals surface area contributed by atoms with Crippen molar-refractivity contribution in [3.8, 4) is 5.75 Å². The lowest BCUT2D eigenvalue weighted by atomic mass is 9.97. The zero-order valence-corrected chi connectivity index (χ0v) is 12.6. The van der Waals surface area contributed by atoms with Gasteiger partial charge in [0.15, 0.2) is 0 Å². The number of anilines is 2. The van der Waals surface area contributed by atoms with Crippen molar-refractivity contribution in [2.24, 2.45) is 0 Å². The molecule has 2 aromatic rings. The fourth-order valence-electron chi connectivity index (χ4n) is 3.45. The summed E-state index contributed by atoms with van der Waals surface area (Å²) in [7, 11) is 0. The van der Waals surface area contributed by atoms with Gasteiger partial charge >= 0.3 is 6.61 Å². The van der Waals surface area contributed by atoms with E-state index in [9.17, 15) is 8.78 Å². The summed E-state index contributed by atoms with van der Waals surface area (Å²) >= 11 is 0. The highest BCUT2D eigenvalue weighted by atomic mass is 19.3. The molecule has 0 bridgehead atoms. The molecule has 1 heterocycles. The number of hydrogen-bond acceptors (Lipinski definition) is 2. The largest absolute Gasteiger partial charge is 0.435 e. The van der Waals surface area contributed by atoms with E-state index in [0.29, 0.717) is 0 Å². The van der Waals surface area contributed by atoms with E-state index in [0.717, 1.165) is 23.5 Å². The Kier molecular flexibility index (Phi) is 3.15. The molecule has 1 aliphatic carbocycles. The van der Waals surface area contributed by atoms with E-state index in [1.165, 1.54) is 18.4 Å². The van der Waals surface area contributed by atoms with Crippen LogP contribution in [0.5, 0.6) is 5.75 Å². The van der Waals surface area contributed by atoms with Gasteiger partial charge in [0, 0.05) is 29.4 Å². The van der Waals surface area contributed by atoms with Crippen molar-refractivity contribution in [1.82, 2.24) is 0 Å². The van der Waals surface area contributed by atoms with E-state index < -0.39 is 6.61 Å². The first kappa shape index (κ1) is 14.2. The quantitative estimate of drug-likeness (QED) is 0.777. The molecule has 0 amide bonds. The van der Waals surface area contributed by atoms with Crippen LogP contribution in [-0.2, 0) is 5.41 Å². The minimum Gasteiger partial charge on any atom is -0.435 e. The van der Waals surface area contributed by atoms with Gasteiger partial charge < -0.3 is 9.64 Å². The Morgan fingerprint density at radius 2 is 2.00 bits per heavy atom. The van der Waals surface area contributed by atoms with Gasteiger partial charge in [-0.15, -0.1) is 0 Å². The first-order chi connectivity index (χ1) is 11.1. The Hall–Kier alpha value is -2.36. The first-order valence-corrected chi connectivity index (χ1v) is 7.71. The zero-order valence-electron chi connectivity index (χ0n) is 12.6. The lowest BCUT2D eigenvalue weighted by Gasteiger charge is -2.21. The second-order valence-electron chi connectivity index (χ2n) is 6.22. The van der Waals surface area contributed by atoms with Crippen LogP contribution in [0.25, 0.3) is 6.08 Å². The second kappa shape index (κ2) is 5.08. The molecule has 1 saturated carbocycles. The lowest BCUT2D eigenvalue weighted by Crippen LogP contribution is -2.19. The molecule has 1 fully saturated rings. The highest BCUT2D eigenvalue weighted by Crippen LogP contribution is 2.58. The first-order valence-electron chi connectivity index (χ1n) is 7.71. The molecule has 4 heteroatoms. The number of halogens is 2. The summed E-state index contributed by atoms with van der Waals surface area (Å²) in [4.78, 5) is 2.20. The predicted octanol–water partition coefficient (Wildman–Crippen LogP) is 5.11. The summed E-state index contributed by atoms with van der Waals surface area (Å²) in [6, 6.07) is 13.3. The number of fused-ring (bicyclic) bond motifs is 2. The predicted molar refractivity (Wildman–Crippen MR) is 87.5 cm³/mol. The molecule has 0 unspecified atom stereocenters. The molecule has 1 spiro atoms. The number of alkyl halides is 2. The maximum absolute atomic E-state index is 12.4. The van der Waals surface area contributed by atoms with Gasteiger partial charge in [-0.1, -0.05) is 24.8 Å².